The summed E-state index contributed by atoms with van der Waals surface area (Å²) < 4.78 is 33.3. The predicted molar refractivity (Wildman–Crippen MR) is 83.5 cm³/mol. The number of hydrogen-bond donors (Lipinski definition) is 1. The number of sulfone groups is 1. The second kappa shape index (κ2) is 6.75. The fourth-order valence-electron chi connectivity index (χ4n) is 2.37. The zero-order valence-corrected chi connectivity index (χ0v) is 13.9. The second-order valence-electron chi connectivity index (χ2n) is 5.13. The van der Waals surface area contributed by atoms with Gasteiger partial charge in [-0.05, 0) is 17.7 Å². The highest BCUT2D eigenvalue weighted by molar-refractivity contribution is 7.91. The van der Waals surface area contributed by atoms with E-state index < -0.39 is 21.3 Å². The molecule has 0 bridgehead atoms. The normalized spacial score (nSPS) is 23.0. The van der Waals surface area contributed by atoms with Crippen molar-refractivity contribution < 1.29 is 22.7 Å². The van der Waals surface area contributed by atoms with Gasteiger partial charge in [0.1, 0.15) is 0 Å². The van der Waals surface area contributed by atoms with Crippen LogP contribution in [0.1, 0.15) is 5.56 Å². The van der Waals surface area contributed by atoms with Gasteiger partial charge in [-0.15, -0.1) is 11.6 Å². The molecule has 1 N–H and O–H groups in total. The molecule has 1 fully saturated rings. The molecular formula is C14H18ClNO5S. The van der Waals surface area contributed by atoms with Crippen LogP contribution in [-0.4, -0.2) is 51.5 Å². The summed E-state index contributed by atoms with van der Waals surface area (Å²) in [5.41, 5.74) is 0.738. The summed E-state index contributed by atoms with van der Waals surface area (Å²) in [5.74, 6) is 0.620. The lowest BCUT2D eigenvalue weighted by Gasteiger charge is -2.15. The Kier molecular flexibility index (Phi) is 5.18. The van der Waals surface area contributed by atoms with Gasteiger partial charge in [0.05, 0.1) is 43.6 Å². The molecule has 2 rings (SSSR count). The van der Waals surface area contributed by atoms with E-state index >= 15 is 0 Å². The number of benzene rings is 1. The topological polar surface area (TPSA) is 81.7 Å². The van der Waals surface area contributed by atoms with E-state index in [1.165, 1.54) is 14.2 Å². The Morgan fingerprint density at radius 3 is 2.50 bits per heavy atom. The summed E-state index contributed by atoms with van der Waals surface area (Å²) in [6.45, 7) is 0. The van der Waals surface area contributed by atoms with Crippen LogP contribution in [0, 0.1) is 0 Å². The van der Waals surface area contributed by atoms with E-state index in [0.717, 1.165) is 5.56 Å². The highest BCUT2D eigenvalue weighted by Crippen LogP contribution is 2.27. The van der Waals surface area contributed by atoms with Gasteiger partial charge in [0.25, 0.3) is 0 Å². The van der Waals surface area contributed by atoms with Gasteiger partial charge in [-0.3, -0.25) is 4.79 Å². The van der Waals surface area contributed by atoms with Crippen LogP contribution in [0.2, 0.25) is 0 Å². The molecule has 1 aromatic carbocycles. The second-order valence-corrected chi connectivity index (χ2v) is 7.85. The first kappa shape index (κ1) is 16.9. The first-order valence-electron chi connectivity index (χ1n) is 6.69. The number of rotatable bonds is 5. The number of ether oxygens (including phenoxy) is 2. The number of hydrogen-bond acceptors (Lipinski definition) is 5. The Balaban J connectivity index is 2.01. The van der Waals surface area contributed by atoms with Crippen LogP contribution in [-0.2, 0) is 21.1 Å². The molecule has 1 aliphatic heterocycles. The summed E-state index contributed by atoms with van der Waals surface area (Å²) >= 11 is 5.97. The quantitative estimate of drug-likeness (QED) is 0.795. The molecule has 0 aliphatic carbocycles. The van der Waals surface area contributed by atoms with Crippen molar-refractivity contribution in [3.8, 4) is 11.5 Å². The molecule has 1 aromatic rings. The summed E-state index contributed by atoms with van der Waals surface area (Å²) in [5, 5.41) is 2.09. The molecule has 22 heavy (non-hydrogen) atoms. The highest BCUT2D eigenvalue weighted by Gasteiger charge is 2.37. The van der Waals surface area contributed by atoms with Crippen LogP contribution >= 0.6 is 11.6 Å². The van der Waals surface area contributed by atoms with E-state index in [9.17, 15) is 13.2 Å². The number of methoxy groups -OCH3 is 2. The third-order valence-electron chi connectivity index (χ3n) is 3.44. The van der Waals surface area contributed by atoms with Crippen molar-refractivity contribution in [1.29, 1.82) is 0 Å². The molecule has 0 aromatic heterocycles. The van der Waals surface area contributed by atoms with Crippen molar-refractivity contribution in [2.75, 3.05) is 25.7 Å². The zero-order valence-electron chi connectivity index (χ0n) is 12.3. The standard InChI is InChI=1S/C14H18ClNO5S/c1-20-12-4-3-9(5-13(12)21-2)6-14(17)16-11-8-22(18,19)7-10(11)15/h3-5,10-11H,6-8H2,1-2H3,(H,16,17)/t10-,11+/m1/s1. The van der Waals surface area contributed by atoms with Crippen LogP contribution in [0.15, 0.2) is 18.2 Å². The molecular weight excluding hydrogens is 330 g/mol. The van der Waals surface area contributed by atoms with Crippen molar-refractivity contribution in [1.82, 2.24) is 5.32 Å². The zero-order chi connectivity index (χ0) is 16.3. The Labute approximate surface area is 134 Å². The average molecular weight is 348 g/mol. The molecule has 0 unspecified atom stereocenters. The number of amides is 1. The lowest BCUT2D eigenvalue weighted by atomic mass is 10.1. The highest BCUT2D eigenvalue weighted by atomic mass is 35.5. The minimum atomic E-state index is -3.17. The minimum absolute atomic E-state index is 0.101. The minimum Gasteiger partial charge on any atom is -0.493 e. The third-order valence-corrected chi connectivity index (χ3v) is 5.82. The summed E-state index contributed by atoms with van der Waals surface area (Å²) in [7, 11) is -0.116. The molecule has 6 nitrogen and oxygen atoms in total. The first-order chi connectivity index (χ1) is 10.3. The maximum atomic E-state index is 12.0. The molecule has 1 aliphatic rings. The van der Waals surface area contributed by atoms with Gasteiger partial charge in [-0.2, -0.15) is 0 Å². The Morgan fingerprint density at radius 2 is 1.95 bits per heavy atom. The van der Waals surface area contributed by atoms with Crippen molar-refractivity contribution in [2.45, 2.75) is 17.8 Å². The molecule has 0 saturated carbocycles. The maximum absolute atomic E-state index is 12.0. The van der Waals surface area contributed by atoms with Crippen molar-refractivity contribution in [2.24, 2.45) is 0 Å². The van der Waals surface area contributed by atoms with E-state index in [0.29, 0.717) is 11.5 Å². The molecule has 1 heterocycles. The van der Waals surface area contributed by atoms with E-state index in [-0.39, 0.29) is 23.8 Å². The molecule has 1 amide bonds. The molecule has 1 saturated heterocycles. The third kappa shape index (κ3) is 4.04. The number of halogens is 1. The molecule has 8 heteroatoms. The number of carbonyl (C=O) groups is 1. The maximum Gasteiger partial charge on any atom is 0.224 e. The van der Waals surface area contributed by atoms with Gasteiger partial charge >= 0.3 is 0 Å². The van der Waals surface area contributed by atoms with Crippen LogP contribution in [0.4, 0.5) is 0 Å². The summed E-state index contributed by atoms with van der Waals surface area (Å²) in [6, 6.07) is 4.64. The summed E-state index contributed by atoms with van der Waals surface area (Å²) in [6.07, 6.45) is 0.112. The van der Waals surface area contributed by atoms with Gasteiger partial charge in [0, 0.05) is 0 Å². The van der Waals surface area contributed by atoms with Crippen molar-refractivity contribution in [3.63, 3.8) is 0 Å². The van der Waals surface area contributed by atoms with Gasteiger partial charge in [0.15, 0.2) is 21.3 Å². The monoisotopic (exact) mass is 347 g/mol. The number of nitrogens with one attached hydrogen (secondary N) is 1. The Bertz CT molecular complexity index is 661. The molecule has 122 valence electrons. The summed E-state index contributed by atoms with van der Waals surface area (Å²) in [4.78, 5) is 12.0. The average Bonchev–Trinajstić information content (AvgIpc) is 2.70. The largest absolute Gasteiger partial charge is 0.493 e. The molecule has 2 atom stereocenters. The lowest BCUT2D eigenvalue weighted by molar-refractivity contribution is -0.120. The van der Waals surface area contributed by atoms with Crippen LogP contribution < -0.4 is 14.8 Å². The SMILES string of the molecule is COc1ccc(CC(=O)N[C@H]2CS(=O)(=O)C[C@H]2Cl)cc1OC. The van der Waals surface area contributed by atoms with Crippen molar-refractivity contribution in [3.05, 3.63) is 23.8 Å². The number of alkyl halides is 1. The van der Waals surface area contributed by atoms with Crippen molar-refractivity contribution >= 4 is 27.3 Å². The van der Waals surface area contributed by atoms with Gasteiger partial charge < -0.3 is 14.8 Å². The lowest BCUT2D eigenvalue weighted by Crippen LogP contribution is -2.41. The van der Waals surface area contributed by atoms with Gasteiger partial charge in [-0.1, -0.05) is 6.07 Å². The van der Waals surface area contributed by atoms with E-state index in [1.54, 1.807) is 18.2 Å². The fraction of sp³-hybridized carbons (Fsp3) is 0.500. The van der Waals surface area contributed by atoms with E-state index in [4.69, 9.17) is 21.1 Å². The Morgan fingerprint density at radius 1 is 1.27 bits per heavy atom. The number of carbonyl (C=O) groups excluding carboxylic acids is 1. The molecule has 0 spiro atoms. The van der Waals surface area contributed by atoms with E-state index in [2.05, 4.69) is 5.32 Å². The van der Waals surface area contributed by atoms with Gasteiger partial charge in [-0.25, -0.2) is 8.42 Å². The molecule has 0 radical (unpaired) electrons. The van der Waals surface area contributed by atoms with Crippen LogP contribution in [0.5, 0.6) is 11.5 Å². The van der Waals surface area contributed by atoms with Crippen LogP contribution in [0.25, 0.3) is 0 Å². The van der Waals surface area contributed by atoms with E-state index in [1.807, 2.05) is 0 Å². The fourth-order valence-corrected chi connectivity index (χ4v) is 4.92. The van der Waals surface area contributed by atoms with Crippen LogP contribution in [0.3, 0.4) is 0 Å². The van der Waals surface area contributed by atoms with Gasteiger partial charge in [0.2, 0.25) is 5.91 Å². The Hall–Kier alpha value is -1.47. The smallest absolute Gasteiger partial charge is 0.224 e. The first-order valence-corrected chi connectivity index (χ1v) is 8.95. The predicted octanol–water partition coefficient (Wildman–Crippen LogP) is 0.767.